The quantitative estimate of drug-likeness (QED) is 0.643. The molecule has 0 radical (unpaired) electrons. The fourth-order valence-corrected chi connectivity index (χ4v) is 1.07. The molecule has 0 saturated carbocycles. The minimum atomic E-state index is -3.19. The number of aromatic amines is 1. The van der Waals surface area contributed by atoms with Gasteiger partial charge in [-0.1, -0.05) is 0 Å². The van der Waals surface area contributed by atoms with Crippen molar-refractivity contribution in [3.63, 3.8) is 0 Å². The number of nitrogen functional groups attached to an aromatic ring is 1. The van der Waals surface area contributed by atoms with Gasteiger partial charge in [0, 0.05) is 7.05 Å². The minimum absolute atomic E-state index is 0.108. The molecule has 0 aliphatic carbocycles. The molecule has 0 aliphatic rings. The van der Waals surface area contributed by atoms with Gasteiger partial charge in [-0.25, -0.2) is 8.42 Å². The van der Waals surface area contributed by atoms with Gasteiger partial charge in [0.25, 0.3) is 0 Å². The lowest BCUT2D eigenvalue weighted by Gasteiger charge is -2.10. The van der Waals surface area contributed by atoms with Gasteiger partial charge in [0.2, 0.25) is 16.0 Å². The second-order valence-corrected chi connectivity index (χ2v) is 4.75. The van der Waals surface area contributed by atoms with E-state index in [-0.39, 0.29) is 12.5 Å². The van der Waals surface area contributed by atoms with Gasteiger partial charge in [-0.05, 0) is 0 Å². The first-order valence-electron chi connectivity index (χ1n) is 3.47. The summed E-state index contributed by atoms with van der Waals surface area (Å²) >= 11 is 0. The van der Waals surface area contributed by atoms with Crippen molar-refractivity contribution in [2.75, 3.05) is 19.0 Å². The summed E-state index contributed by atoms with van der Waals surface area (Å²) in [4.78, 5) is 3.77. The Kier molecular flexibility index (Phi) is 2.52. The maximum atomic E-state index is 11.0. The van der Waals surface area contributed by atoms with Crippen LogP contribution < -0.4 is 5.73 Å². The van der Waals surface area contributed by atoms with Crippen molar-refractivity contribution < 1.29 is 8.42 Å². The molecule has 3 N–H and O–H groups in total. The summed E-state index contributed by atoms with van der Waals surface area (Å²) < 4.78 is 23.1. The predicted octanol–water partition coefficient (Wildman–Crippen LogP) is -1.22. The molecule has 0 unspecified atom stereocenters. The van der Waals surface area contributed by atoms with Crippen molar-refractivity contribution >= 4 is 16.0 Å². The van der Waals surface area contributed by atoms with Gasteiger partial charge in [0.15, 0.2) is 0 Å². The highest BCUT2D eigenvalue weighted by molar-refractivity contribution is 7.88. The molecule has 1 rings (SSSR count). The van der Waals surface area contributed by atoms with Crippen molar-refractivity contribution in [2.45, 2.75) is 6.54 Å². The average Bonchev–Trinajstić information content (AvgIpc) is 2.33. The summed E-state index contributed by atoms with van der Waals surface area (Å²) in [7, 11) is -1.73. The maximum Gasteiger partial charge on any atom is 0.239 e. The first kappa shape index (κ1) is 9.93. The Bertz CT molecular complexity index is 383. The molecule has 7 nitrogen and oxygen atoms in total. The monoisotopic (exact) mass is 205 g/mol. The topological polar surface area (TPSA) is 105 Å². The van der Waals surface area contributed by atoms with Crippen molar-refractivity contribution in [2.24, 2.45) is 0 Å². The van der Waals surface area contributed by atoms with E-state index in [0.717, 1.165) is 10.6 Å². The van der Waals surface area contributed by atoms with Crippen LogP contribution >= 0.6 is 0 Å². The molecule has 0 saturated heterocycles. The number of hydrogen-bond acceptors (Lipinski definition) is 5. The van der Waals surface area contributed by atoms with E-state index in [4.69, 9.17) is 5.73 Å². The van der Waals surface area contributed by atoms with E-state index in [1.165, 1.54) is 7.05 Å². The number of H-pyrrole nitrogens is 1. The third-order valence-corrected chi connectivity index (χ3v) is 2.75. The number of nitrogens with one attached hydrogen (secondary N) is 1. The van der Waals surface area contributed by atoms with E-state index in [1.807, 2.05) is 0 Å². The smallest absolute Gasteiger partial charge is 0.239 e. The molecule has 0 atom stereocenters. The normalized spacial score (nSPS) is 12.2. The lowest BCUT2D eigenvalue weighted by molar-refractivity contribution is 0.462. The summed E-state index contributed by atoms with van der Waals surface area (Å²) in [5.41, 5.74) is 5.24. The molecule has 0 aliphatic heterocycles. The molecule has 74 valence electrons. The Balaban J connectivity index is 2.71. The Morgan fingerprint density at radius 2 is 2.23 bits per heavy atom. The Hall–Kier alpha value is -1.15. The van der Waals surface area contributed by atoms with E-state index < -0.39 is 10.0 Å². The second kappa shape index (κ2) is 3.30. The molecule has 0 bridgehead atoms. The van der Waals surface area contributed by atoms with E-state index in [2.05, 4.69) is 15.2 Å². The molecule has 13 heavy (non-hydrogen) atoms. The van der Waals surface area contributed by atoms with Crippen molar-refractivity contribution in [1.82, 2.24) is 19.5 Å². The van der Waals surface area contributed by atoms with E-state index >= 15 is 0 Å². The Morgan fingerprint density at radius 1 is 1.62 bits per heavy atom. The first-order chi connectivity index (χ1) is 5.89. The van der Waals surface area contributed by atoms with Crippen LogP contribution in [0.5, 0.6) is 0 Å². The lowest BCUT2D eigenvalue weighted by atomic mass is 10.6. The number of rotatable bonds is 3. The molecule has 8 heteroatoms. The molecule has 0 spiro atoms. The van der Waals surface area contributed by atoms with Crippen molar-refractivity contribution in [1.29, 1.82) is 0 Å². The summed E-state index contributed by atoms with van der Waals surface area (Å²) in [6, 6.07) is 0. The third kappa shape index (κ3) is 2.67. The minimum Gasteiger partial charge on any atom is -0.367 e. The van der Waals surface area contributed by atoms with Gasteiger partial charge >= 0.3 is 0 Å². The van der Waals surface area contributed by atoms with Crippen LogP contribution in [-0.2, 0) is 16.6 Å². The van der Waals surface area contributed by atoms with Crippen LogP contribution in [0, 0.1) is 0 Å². The zero-order chi connectivity index (χ0) is 10.1. The summed E-state index contributed by atoms with van der Waals surface area (Å²) in [5.74, 6) is 0.530. The molecule has 1 aromatic rings. The van der Waals surface area contributed by atoms with Crippen molar-refractivity contribution in [3.05, 3.63) is 5.82 Å². The lowest BCUT2D eigenvalue weighted by Crippen LogP contribution is -2.25. The number of aromatic nitrogens is 3. The van der Waals surface area contributed by atoms with Crippen LogP contribution in [0.25, 0.3) is 0 Å². The Labute approximate surface area is 76.0 Å². The van der Waals surface area contributed by atoms with Crippen LogP contribution in [0.15, 0.2) is 0 Å². The average molecular weight is 205 g/mol. The van der Waals surface area contributed by atoms with Gasteiger partial charge < -0.3 is 5.73 Å². The summed E-state index contributed by atoms with van der Waals surface area (Å²) in [5, 5.41) is 6.09. The van der Waals surface area contributed by atoms with Crippen LogP contribution in [0.3, 0.4) is 0 Å². The number of anilines is 1. The highest BCUT2D eigenvalue weighted by Gasteiger charge is 2.12. The largest absolute Gasteiger partial charge is 0.367 e. The maximum absolute atomic E-state index is 11.0. The molecule has 1 aromatic heterocycles. The molecule has 0 aromatic carbocycles. The fourth-order valence-electron chi connectivity index (χ4n) is 0.709. The third-order valence-electron chi connectivity index (χ3n) is 1.49. The molecule has 1 heterocycles. The number of nitrogens with zero attached hydrogens (tertiary/aromatic N) is 3. The highest BCUT2D eigenvalue weighted by atomic mass is 32.2. The van der Waals surface area contributed by atoms with E-state index in [9.17, 15) is 8.42 Å². The fraction of sp³-hybridized carbons (Fsp3) is 0.600. The molecular formula is C5H11N5O2S. The molecule has 0 fully saturated rings. The van der Waals surface area contributed by atoms with Crippen LogP contribution in [0.4, 0.5) is 5.95 Å². The summed E-state index contributed by atoms with van der Waals surface area (Å²) in [6.07, 6.45) is 1.12. The standard InChI is InChI=1S/C5H11N5O2S/c1-10(13(2,11)12)3-4-7-5(6)9-8-4/h3H2,1-2H3,(H3,6,7,8,9). The zero-order valence-corrected chi connectivity index (χ0v) is 8.17. The highest BCUT2D eigenvalue weighted by Crippen LogP contribution is 2.01. The number of sulfonamides is 1. The van der Waals surface area contributed by atoms with Gasteiger partial charge in [0.1, 0.15) is 5.82 Å². The zero-order valence-electron chi connectivity index (χ0n) is 7.35. The second-order valence-electron chi connectivity index (χ2n) is 2.66. The van der Waals surface area contributed by atoms with Crippen LogP contribution in [-0.4, -0.2) is 41.2 Å². The SMILES string of the molecule is CN(Cc1nc(N)n[nH]1)S(C)(=O)=O. The number of nitrogens with two attached hydrogens (primary N) is 1. The van der Waals surface area contributed by atoms with E-state index in [1.54, 1.807) is 0 Å². The van der Waals surface area contributed by atoms with Gasteiger partial charge in [0.05, 0.1) is 12.8 Å². The van der Waals surface area contributed by atoms with Gasteiger partial charge in [-0.15, -0.1) is 5.10 Å². The van der Waals surface area contributed by atoms with Gasteiger partial charge in [-0.3, -0.25) is 5.10 Å². The molecule has 0 amide bonds. The van der Waals surface area contributed by atoms with E-state index in [0.29, 0.717) is 5.82 Å². The first-order valence-corrected chi connectivity index (χ1v) is 5.32. The predicted molar refractivity (Wildman–Crippen MR) is 47.1 cm³/mol. The Morgan fingerprint density at radius 3 is 2.62 bits per heavy atom. The van der Waals surface area contributed by atoms with Crippen molar-refractivity contribution in [3.8, 4) is 0 Å². The van der Waals surface area contributed by atoms with Crippen LogP contribution in [0.1, 0.15) is 5.82 Å². The van der Waals surface area contributed by atoms with Crippen LogP contribution in [0.2, 0.25) is 0 Å². The summed E-state index contributed by atoms with van der Waals surface area (Å²) in [6.45, 7) is 0.142. The van der Waals surface area contributed by atoms with Gasteiger partial charge in [-0.2, -0.15) is 9.29 Å². The number of hydrogen-bond donors (Lipinski definition) is 2. The molecular weight excluding hydrogens is 194 g/mol.